The minimum Gasteiger partial charge on any atom is -0.375 e. The second kappa shape index (κ2) is 7.53. The molecule has 0 aromatic heterocycles. The first kappa shape index (κ1) is 25.9. The van der Waals surface area contributed by atoms with E-state index in [4.69, 9.17) is 0 Å². The van der Waals surface area contributed by atoms with Gasteiger partial charge in [-0.2, -0.15) is 52.7 Å². The number of rotatable bonds is 11. The van der Waals surface area contributed by atoms with E-state index in [2.05, 4.69) is 9.47 Å². The van der Waals surface area contributed by atoms with Crippen molar-refractivity contribution in [3.8, 4) is 0 Å². The fourth-order valence-corrected chi connectivity index (χ4v) is 1.72. The van der Waals surface area contributed by atoms with Crippen LogP contribution in [0.15, 0.2) is 0 Å². The van der Waals surface area contributed by atoms with Gasteiger partial charge in [-0.3, -0.25) is 0 Å². The average Bonchev–Trinajstić information content (AvgIpc) is 3.37. The predicted molar refractivity (Wildman–Crippen MR) is 61.1 cm³/mol. The molecule has 0 aromatic rings. The molecule has 1 fully saturated rings. The van der Waals surface area contributed by atoms with Crippen molar-refractivity contribution in [3.05, 3.63) is 0 Å². The Kier molecular flexibility index (Phi) is 6.73. The van der Waals surface area contributed by atoms with Gasteiger partial charge in [0.15, 0.2) is 6.17 Å². The molecule has 17 heteroatoms. The monoisotopic (exact) mass is 470 g/mol. The molecular weight excluding hydrogens is 461 g/mol. The summed E-state index contributed by atoms with van der Waals surface area (Å²) in [4.78, 5) is 0. The standard InChI is InChI=1S/C12H9F15O2/c13-5(3-28-1-4-2-29-4)7(16,17)9(20,21)11(24,25)12(26,27)10(22,23)8(18,19)6(14)15/h4-6H,1-3H2. The normalized spacial score (nSPS) is 20.9. The zero-order valence-corrected chi connectivity index (χ0v) is 13.3. The maximum Gasteiger partial charge on any atom is 0.384 e. The lowest BCUT2D eigenvalue weighted by Gasteiger charge is -2.41. The number of hydrogen-bond donors (Lipinski definition) is 0. The van der Waals surface area contributed by atoms with Gasteiger partial charge in [0.2, 0.25) is 0 Å². The minimum atomic E-state index is -8.17. The van der Waals surface area contributed by atoms with Crippen LogP contribution in [-0.4, -0.2) is 74.1 Å². The SMILES string of the molecule is FC(F)C(F)(F)C(F)(F)C(F)(F)C(F)(F)C(F)(F)C(F)(F)C(F)COCC1CO1. The van der Waals surface area contributed by atoms with Crippen LogP contribution in [0.5, 0.6) is 0 Å². The fourth-order valence-electron chi connectivity index (χ4n) is 1.72. The maximum atomic E-state index is 13.4. The first-order valence-corrected chi connectivity index (χ1v) is 7.08. The van der Waals surface area contributed by atoms with Crippen molar-refractivity contribution in [2.45, 2.75) is 54.2 Å². The third-order valence-electron chi connectivity index (χ3n) is 3.66. The van der Waals surface area contributed by atoms with E-state index in [1.807, 2.05) is 0 Å². The van der Waals surface area contributed by atoms with Crippen LogP contribution in [-0.2, 0) is 9.47 Å². The molecule has 0 saturated carbocycles. The van der Waals surface area contributed by atoms with Crippen LogP contribution in [0, 0.1) is 0 Å². The highest BCUT2D eigenvalue weighted by atomic mass is 19.4. The first-order chi connectivity index (χ1) is 12.7. The van der Waals surface area contributed by atoms with Crippen molar-refractivity contribution in [3.63, 3.8) is 0 Å². The van der Waals surface area contributed by atoms with Gasteiger partial charge in [-0.25, -0.2) is 13.2 Å². The minimum absolute atomic E-state index is 0.0266. The first-order valence-electron chi connectivity index (χ1n) is 7.08. The van der Waals surface area contributed by atoms with E-state index in [1.165, 1.54) is 0 Å². The Morgan fingerprint density at radius 1 is 0.690 bits per heavy atom. The predicted octanol–water partition coefficient (Wildman–Crippen LogP) is 4.82. The number of hydrogen-bond acceptors (Lipinski definition) is 2. The number of ether oxygens (including phenoxy) is 2. The zero-order chi connectivity index (χ0) is 23.3. The van der Waals surface area contributed by atoms with Crippen LogP contribution in [0.2, 0.25) is 0 Å². The molecule has 2 nitrogen and oxygen atoms in total. The lowest BCUT2D eigenvalue weighted by atomic mass is 9.90. The van der Waals surface area contributed by atoms with Gasteiger partial charge in [0.1, 0.15) is 6.10 Å². The third-order valence-corrected chi connectivity index (χ3v) is 3.66. The Morgan fingerprint density at radius 2 is 1.07 bits per heavy atom. The quantitative estimate of drug-likeness (QED) is 0.319. The molecule has 1 saturated heterocycles. The van der Waals surface area contributed by atoms with E-state index in [0.29, 0.717) is 0 Å². The zero-order valence-electron chi connectivity index (χ0n) is 13.3. The van der Waals surface area contributed by atoms with Gasteiger partial charge in [0, 0.05) is 0 Å². The van der Waals surface area contributed by atoms with Crippen molar-refractivity contribution in [2.24, 2.45) is 0 Å². The average molecular weight is 470 g/mol. The topological polar surface area (TPSA) is 21.8 Å². The Labute approximate surface area is 150 Å². The highest BCUT2D eigenvalue weighted by molar-refractivity contribution is 5.13. The molecule has 0 aromatic carbocycles. The molecule has 29 heavy (non-hydrogen) atoms. The number of epoxide rings is 1. The molecule has 1 rings (SSSR count). The summed E-state index contributed by atoms with van der Waals surface area (Å²) < 4.78 is 203. The molecule has 0 amide bonds. The molecule has 0 radical (unpaired) electrons. The van der Waals surface area contributed by atoms with Crippen LogP contribution in [0.3, 0.4) is 0 Å². The largest absolute Gasteiger partial charge is 0.384 e. The second-order valence-corrected chi connectivity index (χ2v) is 5.80. The van der Waals surface area contributed by atoms with Crippen molar-refractivity contribution < 1.29 is 75.3 Å². The van der Waals surface area contributed by atoms with E-state index >= 15 is 0 Å². The van der Waals surface area contributed by atoms with Gasteiger partial charge in [-0.15, -0.1) is 0 Å². The highest BCUT2D eigenvalue weighted by Crippen LogP contribution is 2.61. The van der Waals surface area contributed by atoms with E-state index in [-0.39, 0.29) is 6.61 Å². The molecule has 2 atom stereocenters. The molecule has 2 unspecified atom stereocenters. The van der Waals surface area contributed by atoms with Crippen LogP contribution < -0.4 is 0 Å². The summed E-state index contributed by atoms with van der Waals surface area (Å²) in [5.41, 5.74) is 0. The Balaban J connectivity index is 3.23. The molecule has 1 aliphatic heterocycles. The molecule has 0 bridgehead atoms. The highest BCUT2D eigenvalue weighted by Gasteiger charge is 2.91. The molecule has 0 N–H and O–H groups in total. The Bertz CT molecular complexity index is 572. The van der Waals surface area contributed by atoms with Crippen molar-refractivity contribution >= 4 is 0 Å². The van der Waals surface area contributed by atoms with Gasteiger partial charge in [0.05, 0.1) is 19.8 Å². The summed E-state index contributed by atoms with van der Waals surface area (Å²) in [5.74, 6) is -46.2. The summed E-state index contributed by atoms with van der Waals surface area (Å²) in [6.07, 6.45) is -11.1. The summed E-state index contributed by atoms with van der Waals surface area (Å²) >= 11 is 0. The molecule has 1 aliphatic rings. The maximum absolute atomic E-state index is 13.4. The van der Waals surface area contributed by atoms with E-state index in [9.17, 15) is 65.9 Å². The summed E-state index contributed by atoms with van der Waals surface area (Å²) in [5, 5.41) is 0. The van der Waals surface area contributed by atoms with Crippen LogP contribution >= 0.6 is 0 Å². The van der Waals surface area contributed by atoms with E-state index in [0.717, 1.165) is 0 Å². The molecule has 174 valence electrons. The van der Waals surface area contributed by atoms with Crippen LogP contribution in [0.1, 0.15) is 0 Å². The van der Waals surface area contributed by atoms with Crippen LogP contribution in [0.4, 0.5) is 65.9 Å². The van der Waals surface area contributed by atoms with Crippen molar-refractivity contribution in [1.82, 2.24) is 0 Å². The number of halogens is 15. The summed E-state index contributed by atoms with van der Waals surface area (Å²) in [6, 6.07) is 0. The van der Waals surface area contributed by atoms with E-state index in [1.54, 1.807) is 0 Å². The molecular formula is C12H9F15O2. The smallest absolute Gasteiger partial charge is 0.375 e. The Hall–Kier alpha value is -1.13. The lowest BCUT2D eigenvalue weighted by molar-refractivity contribution is -0.436. The van der Waals surface area contributed by atoms with Gasteiger partial charge in [-0.05, 0) is 0 Å². The van der Waals surface area contributed by atoms with Gasteiger partial charge < -0.3 is 9.47 Å². The summed E-state index contributed by atoms with van der Waals surface area (Å²) in [6.45, 7) is -2.87. The van der Waals surface area contributed by atoms with Crippen molar-refractivity contribution in [1.29, 1.82) is 0 Å². The van der Waals surface area contributed by atoms with Crippen molar-refractivity contribution in [2.75, 3.05) is 19.8 Å². The molecule has 0 spiro atoms. The Morgan fingerprint density at radius 3 is 1.41 bits per heavy atom. The fraction of sp³-hybridized carbons (Fsp3) is 1.00. The van der Waals surface area contributed by atoms with Crippen LogP contribution in [0.25, 0.3) is 0 Å². The van der Waals surface area contributed by atoms with Gasteiger partial charge in [-0.1, -0.05) is 0 Å². The number of alkyl halides is 15. The second-order valence-electron chi connectivity index (χ2n) is 5.80. The molecule has 1 heterocycles. The summed E-state index contributed by atoms with van der Waals surface area (Å²) in [7, 11) is 0. The third kappa shape index (κ3) is 3.95. The molecule has 0 aliphatic carbocycles. The van der Waals surface area contributed by atoms with E-state index < -0.39 is 67.5 Å². The lowest BCUT2D eigenvalue weighted by Crippen LogP contribution is -2.72. The van der Waals surface area contributed by atoms with Gasteiger partial charge in [0.25, 0.3) is 0 Å². The van der Waals surface area contributed by atoms with Gasteiger partial charge >= 0.3 is 42.0 Å².